The topological polar surface area (TPSA) is 57.7 Å². The van der Waals surface area contributed by atoms with Gasteiger partial charge in [0.1, 0.15) is 0 Å². The first-order valence-electron chi connectivity index (χ1n) is 7.53. The molecule has 1 saturated heterocycles. The van der Waals surface area contributed by atoms with E-state index in [1.54, 1.807) is 14.4 Å². The van der Waals surface area contributed by atoms with E-state index in [9.17, 15) is 14.4 Å². The van der Waals surface area contributed by atoms with Crippen LogP contribution >= 0.6 is 18.1 Å². The van der Waals surface area contributed by atoms with Gasteiger partial charge in [-0.2, -0.15) is 0 Å². The summed E-state index contributed by atoms with van der Waals surface area (Å²) in [7, 11) is 5.87. The Labute approximate surface area is 167 Å². The summed E-state index contributed by atoms with van der Waals surface area (Å²) in [4.78, 5) is 38.5. The summed E-state index contributed by atoms with van der Waals surface area (Å²) in [5, 5.41) is 2.21. The van der Waals surface area contributed by atoms with Crippen molar-refractivity contribution in [2.75, 3.05) is 14.1 Å². The predicted octanol–water partition coefficient (Wildman–Crippen LogP) is 2.00. The second-order valence-corrected chi connectivity index (χ2v) is 14.7. The molecule has 0 aliphatic carbocycles. The van der Waals surface area contributed by atoms with Gasteiger partial charge in [-0.1, -0.05) is 0 Å². The van der Waals surface area contributed by atoms with Crippen LogP contribution in [-0.4, -0.2) is 70.8 Å². The van der Waals surface area contributed by atoms with E-state index in [2.05, 4.69) is 0 Å². The van der Waals surface area contributed by atoms with Gasteiger partial charge in [-0.25, -0.2) is 0 Å². The van der Waals surface area contributed by atoms with Gasteiger partial charge in [0.05, 0.1) is 0 Å². The van der Waals surface area contributed by atoms with Crippen LogP contribution in [0.15, 0.2) is 42.5 Å². The Morgan fingerprint density at radius 2 is 1.68 bits per heavy atom. The number of nitrogens with zero attached hydrogens (tertiary/aromatic N) is 2. The zero-order valence-electron chi connectivity index (χ0n) is 13.8. The second-order valence-electron chi connectivity index (χ2n) is 5.86. The Hall–Kier alpha value is -1.07. The predicted molar refractivity (Wildman–Crippen MR) is 102 cm³/mol. The molecule has 2 aromatic carbocycles. The maximum absolute atomic E-state index is 13.0. The van der Waals surface area contributed by atoms with E-state index in [0.717, 1.165) is 21.2 Å². The quantitative estimate of drug-likeness (QED) is 0.247. The molecule has 126 valence electrons. The first-order valence-corrected chi connectivity index (χ1v) is 15.2. The molecule has 25 heavy (non-hydrogen) atoms. The molecule has 1 atom stereocenters. The van der Waals surface area contributed by atoms with Crippen LogP contribution < -0.4 is 0 Å². The van der Waals surface area contributed by atoms with Gasteiger partial charge in [-0.3, -0.25) is 0 Å². The number of imide groups is 1. The summed E-state index contributed by atoms with van der Waals surface area (Å²) < 4.78 is 0. The maximum atomic E-state index is 13.0. The molecule has 1 aliphatic heterocycles. The van der Waals surface area contributed by atoms with Crippen molar-refractivity contribution in [1.82, 2.24) is 9.80 Å². The number of piperazine rings is 1. The molecule has 3 amide bonds. The SMILES string of the molecule is CN1C(=O)C(=O)N(C)C(Cc2ccc3ccccc3c2)(S[S][Tl])C1=O. The summed E-state index contributed by atoms with van der Waals surface area (Å²) in [5.41, 5.74) is 0.959. The van der Waals surface area contributed by atoms with E-state index in [4.69, 9.17) is 0 Å². The molecule has 0 aromatic heterocycles. The van der Waals surface area contributed by atoms with Gasteiger partial charge >= 0.3 is 168 Å². The Morgan fingerprint density at radius 3 is 2.36 bits per heavy atom. The standard InChI is InChI=1S/C17H16N2O3S2.Tl/c1-18-14(20)15(21)19(2)17(24-23,16(18)22)10-11-7-8-12-5-3-4-6-13(12)9-11;/h3-9,23H,10H2,1-2H3;/q;+1/p-1. The number of benzene rings is 2. The number of hydrogen-bond donors (Lipinski definition) is 0. The van der Waals surface area contributed by atoms with Gasteiger partial charge in [0, 0.05) is 0 Å². The molecule has 1 fully saturated rings. The van der Waals surface area contributed by atoms with Crippen LogP contribution in [0.1, 0.15) is 5.56 Å². The molecule has 3 rings (SSSR count). The third-order valence-electron chi connectivity index (χ3n) is 4.42. The molecule has 1 unspecified atom stereocenters. The van der Waals surface area contributed by atoms with Gasteiger partial charge in [0.25, 0.3) is 0 Å². The summed E-state index contributed by atoms with van der Waals surface area (Å²) in [6.45, 7) is 0. The molecule has 2 aromatic rings. The minimum atomic E-state index is -1.10. The van der Waals surface area contributed by atoms with Crippen molar-refractivity contribution < 1.29 is 14.4 Å². The van der Waals surface area contributed by atoms with Gasteiger partial charge in [0.15, 0.2) is 0 Å². The van der Waals surface area contributed by atoms with Crippen molar-refractivity contribution in [3.8, 4) is 0 Å². The molecular weight excluding hydrogens is 549 g/mol. The second kappa shape index (κ2) is 7.28. The molecule has 0 spiro atoms. The molecule has 8 heteroatoms. The van der Waals surface area contributed by atoms with Crippen molar-refractivity contribution in [1.29, 1.82) is 0 Å². The number of likely N-dealkylation sites (N-methyl/N-ethyl adjacent to an activating group) is 2. The molecule has 0 bridgehead atoms. The van der Waals surface area contributed by atoms with Crippen LogP contribution in [-0.2, 0) is 20.8 Å². The molecule has 1 heterocycles. The summed E-state index contributed by atoms with van der Waals surface area (Å²) in [6.07, 6.45) is 0.362. The monoisotopic (exact) mass is 564 g/mol. The van der Waals surface area contributed by atoms with Crippen LogP contribution in [0.3, 0.4) is 0 Å². The minimum absolute atomic E-state index is 0.342. The third kappa shape index (κ3) is 3.21. The third-order valence-corrected chi connectivity index (χ3v) is 9.86. The fraction of sp³-hybridized carbons (Fsp3) is 0.235. The van der Waals surface area contributed by atoms with E-state index in [0.29, 0.717) is 30.7 Å². The zero-order chi connectivity index (χ0) is 18.2. The Kier molecular flexibility index (Phi) is 5.45. The molecule has 5 nitrogen and oxygen atoms in total. The van der Waals surface area contributed by atoms with E-state index in [1.807, 2.05) is 42.5 Å². The van der Waals surface area contributed by atoms with Gasteiger partial charge < -0.3 is 0 Å². The van der Waals surface area contributed by atoms with E-state index >= 15 is 0 Å². The average molecular weight is 564 g/mol. The van der Waals surface area contributed by atoms with E-state index in [-0.39, 0.29) is 5.91 Å². The summed E-state index contributed by atoms with van der Waals surface area (Å²) in [6, 6.07) is 14.0. The number of amides is 3. The Bertz CT molecular complexity index is 876. The molecule has 0 saturated carbocycles. The van der Waals surface area contributed by atoms with Crippen molar-refractivity contribution >= 4 is 70.9 Å². The van der Waals surface area contributed by atoms with Gasteiger partial charge in [0.2, 0.25) is 0 Å². The van der Waals surface area contributed by atoms with Crippen LogP contribution in [0.5, 0.6) is 0 Å². The summed E-state index contributed by atoms with van der Waals surface area (Å²) in [5.74, 6) is -1.76. The van der Waals surface area contributed by atoms with Crippen molar-refractivity contribution in [3.05, 3.63) is 48.0 Å². The zero-order valence-corrected chi connectivity index (χ0v) is 19.9. The van der Waals surface area contributed by atoms with Crippen molar-refractivity contribution in [3.63, 3.8) is 0 Å². The number of hydrogen-bond acceptors (Lipinski definition) is 5. The number of carbonyl (C=O) groups excluding carboxylic acids is 3. The number of carbonyl (C=O) groups is 3. The van der Waals surface area contributed by atoms with Crippen LogP contribution in [0.4, 0.5) is 0 Å². The number of rotatable bonds is 4. The summed E-state index contributed by atoms with van der Waals surface area (Å²) >= 11 is 0.600. The van der Waals surface area contributed by atoms with E-state index in [1.165, 1.54) is 22.7 Å². The van der Waals surface area contributed by atoms with Crippen molar-refractivity contribution in [2.45, 2.75) is 11.3 Å². The number of fused-ring (bicyclic) bond motifs is 1. The van der Waals surface area contributed by atoms with Crippen LogP contribution in [0.2, 0.25) is 0 Å². The fourth-order valence-electron chi connectivity index (χ4n) is 2.97. The van der Waals surface area contributed by atoms with Gasteiger partial charge in [-0.05, 0) is 0 Å². The average Bonchev–Trinajstić information content (AvgIpc) is 2.63. The Balaban J connectivity index is 2.05. The first kappa shape index (κ1) is 18.7. The normalized spacial score (nSPS) is 21.2. The fourth-order valence-corrected chi connectivity index (χ4v) is 10.5. The first-order chi connectivity index (χ1) is 11.9. The molecule has 0 N–H and O–H groups in total. The molecule has 1 aliphatic rings. The van der Waals surface area contributed by atoms with Crippen molar-refractivity contribution in [2.24, 2.45) is 0 Å². The van der Waals surface area contributed by atoms with Gasteiger partial charge in [-0.15, -0.1) is 0 Å². The molecule has 0 radical (unpaired) electrons. The van der Waals surface area contributed by atoms with E-state index < -0.39 is 16.7 Å². The molecular formula is C17H15N2O3S2Tl. The van der Waals surface area contributed by atoms with Crippen LogP contribution in [0, 0.1) is 0 Å². The Morgan fingerprint density at radius 1 is 1.00 bits per heavy atom. The van der Waals surface area contributed by atoms with Crippen LogP contribution in [0.25, 0.3) is 10.8 Å².